The third-order valence-electron chi connectivity index (χ3n) is 5.98. The van der Waals surface area contributed by atoms with Crippen LogP contribution < -0.4 is 16.0 Å². The average molecular weight is 398 g/mol. The van der Waals surface area contributed by atoms with Crippen molar-refractivity contribution in [1.29, 1.82) is 0 Å². The van der Waals surface area contributed by atoms with Crippen LogP contribution >= 0.6 is 0 Å². The first kappa shape index (κ1) is 18.3. The van der Waals surface area contributed by atoms with Crippen LogP contribution in [0.15, 0.2) is 67.2 Å². The molecule has 0 saturated carbocycles. The molecular weight excluding hydrogens is 376 g/mol. The quantitative estimate of drug-likeness (QED) is 0.520. The van der Waals surface area contributed by atoms with E-state index in [1.165, 1.54) is 12.4 Å². The van der Waals surface area contributed by atoms with E-state index in [9.17, 15) is 4.79 Å². The minimum Gasteiger partial charge on any atom is -0.383 e. The third-order valence-corrected chi connectivity index (χ3v) is 5.98. The van der Waals surface area contributed by atoms with Gasteiger partial charge in [-0.25, -0.2) is 9.97 Å². The van der Waals surface area contributed by atoms with Crippen LogP contribution in [-0.4, -0.2) is 39.5 Å². The second-order valence-electron chi connectivity index (χ2n) is 7.72. The van der Waals surface area contributed by atoms with Crippen molar-refractivity contribution in [2.45, 2.75) is 24.9 Å². The highest BCUT2D eigenvalue weighted by Gasteiger charge is 2.46. The van der Waals surface area contributed by atoms with Crippen molar-refractivity contribution >= 4 is 28.4 Å². The van der Waals surface area contributed by atoms with Crippen LogP contribution in [0, 0.1) is 0 Å². The lowest BCUT2D eigenvalue weighted by atomic mass is 9.82. The fourth-order valence-electron chi connectivity index (χ4n) is 4.83. The van der Waals surface area contributed by atoms with E-state index in [4.69, 9.17) is 5.73 Å². The Morgan fingerprint density at radius 2 is 2.10 bits per heavy atom. The van der Waals surface area contributed by atoms with Gasteiger partial charge in [-0.1, -0.05) is 36.4 Å². The fraction of sp³-hybridized carbons (Fsp3) is 0.217. The molecule has 2 aliphatic rings. The molecule has 0 saturated heterocycles. The molecule has 0 aliphatic carbocycles. The highest BCUT2D eigenvalue weighted by molar-refractivity contribution is 5.88. The molecule has 3 N–H and O–H groups in total. The summed E-state index contributed by atoms with van der Waals surface area (Å²) in [5.74, 6) is 1.09. The molecule has 0 bridgehead atoms. The maximum Gasteiger partial charge on any atom is 0.243 e. The highest BCUT2D eigenvalue weighted by atomic mass is 16.1. The van der Waals surface area contributed by atoms with E-state index in [1.807, 2.05) is 24.4 Å². The topological polar surface area (TPSA) is 97.0 Å². The van der Waals surface area contributed by atoms with Gasteiger partial charge in [0.05, 0.1) is 17.6 Å². The average Bonchev–Trinajstić information content (AvgIpc) is 3.09. The first-order valence-electron chi connectivity index (χ1n) is 9.90. The molecule has 150 valence electrons. The number of hydrogen-bond acceptors (Lipinski definition) is 6. The SMILES string of the molecule is C=CC(=O)N[C@H]1C=C(C)C2C(c3ccnc4ccccc34)c3c(N)ncnc3N2C1. The lowest BCUT2D eigenvalue weighted by molar-refractivity contribution is -0.116. The lowest BCUT2D eigenvalue weighted by Gasteiger charge is -2.37. The summed E-state index contributed by atoms with van der Waals surface area (Å²) in [5.41, 5.74) is 10.6. The summed E-state index contributed by atoms with van der Waals surface area (Å²) in [7, 11) is 0. The summed E-state index contributed by atoms with van der Waals surface area (Å²) in [5, 5.41) is 4.07. The molecule has 2 aromatic heterocycles. The van der Waals surface area contributed by atoms with Gasteiger partial charge in [-0.15, -0.1) is 0 Å². The van der Waals surface area contributed by atoms with Gasteiger partial charge in [0.1, 0.15) is 18.0 Å². The molecule has 0 radical (unpaired) electrons. The van der Waals surface area contributed by atoms with E-state index in [1.54, 1.807) is 0 Å². The zero-order valence-electron chi connectivity index (χ0n) is 16.6. The molecule has 7 heteroatoms. The van der Waals surface area contributed by atoms with Gasteiger partial charge in [-0.2, -0.15) is 0 Å². The molecule has 1 amide bonds. The number of hydrogen-bond donors (Lipinski definition) is 2. The highest BCUT2D eigenvalue weighted by Crippen LogP contribution is 2.50. The zero-order valence-corrected chi connectivity index (χ0v) is 16.6. The van der Waals surface area contributed by atoms with E-state index in [0.29, 0.717) is 12.4 Å². The molecule has 0 fully saturated rings. The molecule has 4 heterocycles. The summed E-state index contributed by atoms with van der Waals surface area (Å²) in [6, 6.07) is 10.1. The Kier molecular flexibility index (Phi) is 4.24. The second-order valence-corrected chi connectivity index (χ2v) is 7.72. The fourth-order valence-corrected chi connectivity index (χ4v) is 4.83. The number of carbonyl (C=O) groups excluding carboxylic acids is 1. The van der Waals surface area contributed by atoms with E-state index < -0.39 is 0 Å². The number of aromatic nitrogens is 3. The number of nitrogens with zero attached hydrogens (tertiary/aromatic N) is 4. The first-order chi connectivity index (χ1) is 14.6. The van der Waals surface area contributed by atoms with Crippen LogP contribution in [0.2, 0.25) is 0 Å². The van der Waals surface area contributed by atoms with Crippen LogP contribution in [0.4, 0.5) is 11.6 Å². The van der Waals surface area contributed by atoms with Gasteiger partial charge in [0.25, 0.3) is 0 Å². The van der Waals surface area contributed by atoms with Crippen molar-refractivity contribution in [3.63, 3.8) is 0 Å². The van der Waals surface area contributed by atoms with Crippen LogP contribution in [0.5, 0.6) is 0 Å². The van der Waals surface area contributed by atoms with Gasteiger partial charge in [0.2, 0.25) is 5.91 Å². The monoisotopic (exact) mass is 398 g/mol. The molecule has 5 rings (SSSR count). The Labute approximate surface area is 174 Å². The van der Waals surface area contributed by atoms with Gasteiger partial charge in [-0.3, -0.25) is 9.78 Å². The summed E-state index contributed by atoms with van der Waals surface area (Å²) >= 11 is 0. The second kappa shape index (κ2) is 6.95. The van der Waals surface area contributed by atoms with Crippen LogP contribution in [0.3, 0.4) is 0 Å². The number of nitrogens with two attached hydrogens (primary N) is 1. The summed E-state index contributed by atoms with van der Waals surface area (Å²) in [4.78, 5) is 27.5. The molecule has 3 aromatic rings. The number of amides is 1. The number of fused-ring (bicyclic) bond motifs is 4. The van der Waals surface area contributed by atoms with Gasteiger partial charge in [0, 0.05) is 29.6 Å². The molecule has 30 heavy (non-hydrogen) atoms. The van der Waals surface area contributed by atoms with Gasteiger partial charge in [-0.05, 0) is 30.7 Å². The normalized spacial score (nSPS) is 22.2. The number of carbonyl (C=O) groups is 1. The number of nitrogens with one attached hydrogen (secondary N) is 1. The molecule has 2 unspecified atom stereocenters. The lowest BCUT2D eigenvalue weighted by Crippen LogP contribution is -2.50. The predicted octanol–water partition coefficient (Wildman–Crippen LogP) is 2.56. The molecule has 3 atom stereocenters. The number of benzene rings is 1. The Morgan fingerprint density at radius 3 is 2.93 bits per heavy atom. The van der Waals surface area contributed by atoms with Crippen molar-refractivity contribution in [2.24, 2.45) is 0 Å². The number of rotatable bonds is 3. The number of para-hydroxylation sites is 1. The van der Waals surface area contributed by atoms with Crippen molar-refractivity contribution in [2.75, 3.05) is 17.2 Å². The molecular formula is C23H22N6O. The third kappa shape index (κ3) is 2.74. The van der Waals surface area contributed by atoms with Crippen LogP contribution in [-0.2, 0) is 4.79 Å². The maximum atomic E-state index is 11.9. The van der Waals surface area contributed by atoms with E-state index in [-0.39, 0.29) is 23.9 Å². The van der Waals surface area contributed by atoms with E-state index in [2.05, 4.69) is 56.9 Å². The molecule has 7 nitrogen and oxygen atoms in total. The largest absolute Gasteiger partial charge is 0.383 e. The number of anilines is 2. The minimum atomic E-state index is -0.194. The van der Waals surface area contributed by atoms with Gasteiger partial charge < -0.3 is 16.0 Å². The predicted molar refractivity (Wildman–Crippen MR) is 117 cm³/mol. The number of pyridine rings is 1. The summed E-state index contributed by atoms with van der Waals surface area (Å²) in [6.45, 7) is 6.25. The smallest absolute Gasteiger partial charge is 0.243 e. The summed E-state index contributed by atoms with van der Waals surface area (Å²) < 4.78 is 0. The standard InChI is InChI=1S/C23H22N6O/c1-3-18(30)28-14-10-13(2)21-19(16-8-9-25-17-7-5-4-6-15(16)17)20-22(24)26-12-27-23(20)29(21)11-14/h3-10,12,14,19,21H,1,11H2,2H3,(H,28,30)(H2,24,26,27)/t14-,19?,21?/m0/s1. The first-order valence-corrected chi connectivity index (χ1v) is 9.90. The Balaban J connectivity index is 1.69. The van der Waals surface area contributed by atoms with Crippen LogP contribution in [0.1, 0.15) is 24.0 Å². The maximum absolute atomic E-state index is 11.9. The van der Waals surface area contributed by atoms with Crippen LogP contribution in [0.25, 0.3) is 10.9 Å². The Hall–Kier alpha value is -3.74. The molecule has 2 aliphatic heterocycles. The van der Waals surface area contributed by atoms with Gasteiger partial charge in [0.15, 0.2) is 0 Å². The van der Waals surface area contributed by atoms with Crippen molar-refractivity contribution in [1.82, 2.24) is 20.3 Å². The van der Waals surface area contributed by atoms with Crippen molar-refractivity contribution in [3.8, 4) is 0 Å². The minimum absolute atomic E-state index is 0.0265. The molecule has 1 aromatic carbocycles. The van der Waals surface area contributed by atoms with Gasteiger partial charge >= 0.3 is 0 Å². The zero-order chi connectivity index (χ0) is 20.8. The number of nitrogen functional groups attached to an aromatic ring is 1. The molecule has 0 spiro atoms. The van der Waals surface area contributed by atoms with E-state index in [0.717, 1.165) is 33.4 Å². The summed E-state index contributed by atoms with van der Waals surface area (Å²) in [6.07, 6.45) is 6.76. The Bertz CT molecular complexity index is 1200. The van der Waals surface area contributed by atoms with Crippen molar-refractivity contribution < 1.29 is 4.79 Å². The Morgan fingerprint density at radius 1 is 1.27 bits per heavy atom. The van der Waals surface area contributed by atoms with Crippen molar-refractivity contribution in [3.05, 3.63) is 78.3 Å². The van der Waals surface area contributed by atoms with E-state index >= 15 is 0 Å².